The fraction of sp³-hybridized carbons (Fsp3) is 0.765. The van der Waals surface area contributed by atoms with E-state index in [0.29, 0.717) is 24.7 Å². The minimum absolute atomic E-state index is 0.168. The Balaban J connectivity index is 1.52. The average molecular weight is 320 g/mol. The maximum Gasteiger partial charge on any atom is 0.409 e. The van der Waals surface area contributed by atoms with Gasteiger partial charge in [0.2, 0.25) is 0 Å². The number of hydrogen-bond donors (Lipinski definition) is 1. The molecule has 1 aromatic heterocycles. The van der Waals surface area contributed by atoms with Gasteiger partial charge in [-0.05, 0) is 38.7 Å². The number of nitrogens with zero attached hydrogens (tertiary/aromatic N) is 3. The summed E-state index contributed by atoms with van der Waals surface area (Å²) in [6.07, 6.45) is 10.8. The van der Waals surface area contributed by atoms with Gasteiger partial charge in [-0.15, -0.1) is 0 Å². The van der Waals surface area contributed by atoms with Crippen LogP contribution in [0.3, 0.4) is 0 Å². The highest BCUT2D eigenvalue weighted by Crippen LogP contribution is 2.29. The predicted octanol–water partition coefficient (Wildman–Crippen LogP) is 2.58. The van der Waals surface area contributed by atoms with Crippen molar-refractivity contribution in [2.24, 2.45) is 0 Å². The predicted molar refractivity (Wildman–Crippen MR) is 88.3 cm³/mol. The molecule has 0 unspecified atom stereocenters. The molecular formula is C17H28N4O2. The van der Waals surface area contributed by atoms with Crippen molar-refractivity contribution in [1.29, 1.82) is 0 Å². The number of nitrogens with one attached hydrogen (secondary N) is 1. The van der Waals surface area contributed by atoms with E-state index in [1.165, 1.54) is 25.7 Å². The summed E-state index contributed by atoms with van der Waals surface area (Å²) in [7, 11) is 0. The SMILES string of the molecule is CCOC(=O)N1CCC(N[C@H]2CCCC[C@H]2n2cccn2)CC1. The lowest BCUT2D eigenvalue weighted by molar-refractivity contribution is 0.0921. The number of ether oxygens (including phenoxy) is 1. The zero-order chi connectivity index (χ0) is 16.1. The fourth-order valence-corrected chi connectivity index (χ4v) is 3.85. The highest BCUT2D eigenvalue weighted by molar-refractivity contribution is 5.67. The molecule has 1 saturated carbocycles. The monoisotopic (exact) mass is 320 g/mol. The minimum atomic E-state index is -0.168. The van der Waals surface area contributed by atoms with E-state index in [9.17, 15) is 4.79 Å². The third kappa shape index (κ3) is 4.05. The fourth-order valence-electron chi connectivity index (χ4n) is 3.85. The van der Waals surface area contributed by atoms with E-state index < -0.39 is 0 Å². The Kier molecular flexibility index (Phi) is 5.54. The molecule has 2 heterocycles. The number of piperidine rings is 1. The second-order valence-electron chi connectivity index (χ2n) is 6.57. The van der Waals surface area contributed by atoms with Crippen LogP contribution in [0.1, 0.15) is 51.5 Å². The number of carbonyl (C=O) groups excluding carboxylic acids is 1. The van der Waals surface area contributed by atoms with Crippen LogP contribution in [0.5, 0.6) is 0 Å². The molecule has 2 fully saturated rings. The van der Waals surface area contributed by atoms with Gasteiger partial charge in [-0.3, -0.25) is 4.68 Å². The first kappa shape index (κ1) is 16.3. The molecule has 6 nitrogen and oxygen atoms in total. The highest BCUT2D eigenvalue weighted by Gasteiger charge is 2.30. The molecule has 2 aliphatic rings. The lowest BCUT2D eigenvalue weighted by Gasteiger charge is -2.38. The maximum absolute atomic E-state index is 11.8. The van der Waals surface area contributed by atoms with Crippen LogP contribution >= 0.6 is 0 Å². The van der Waals surface area contributed by atoms with Crippen LogP contribution in [0, 0.1) is 0 Å². The second-order valence-corrected chi connectivity index (χ2v) is 6.57. The topological polar surface area (TPSA) is 59.4 Å². The number of amides is 1. The molecule has 3 rings (SSSR count). The van der Waals surface area contributed by atoms with Gasteiger partial charge in [0.15, 0.2) is 0 Å². The van der Waals surface area contributed by atoms with E-state index >= 15 is 0 Å². The second kappa shape index (κ2) is 7.81. The van der Waals surface area contributed by atoms with Crippen molar-refractivity contribution in [2.75, 3.05) is 19.7 Å². The molecule has 0 bridgehead atoms. The molecule has 0 spiro atoms. The zero-order valence-electron chi connectivity index (χ0n) is 14.0. The van der Waals surface area contributed by atoms with Crippen molar-refractivity contribution in [3.05, 3.63) is 18.5 Å². The Bertz CT molecular complexity index is 483. The summed E-state index contributed by atoms with van der Waals surface area (Å²) < 4.78 is 7.20. The van der Waals surface area contributed by atoms with Gasteiger partial charge in [0.05, 0.1) is 12.6 Å². The van der Waals surface area contributed by atoms with Crippen LogP contribution in [0.25, 0.3) is 0 Å². The van der Waals surface area contributed by atoms with E-state index in [2.05, 4.69) is 21.3 Å². The third-order valence-corrected chi connectivity index (χ3v) is 5.06. The Morgan fingerprint density at radius 3 is 2.74 bits per heavy atom. The van der Waals surface area contributed by atoms with Gasteiger partial charge < -0.3 is 15.0 Å². The normalized spacial score (nSPS) is 26.2. The summed E-state index contributed by atoms with van der Waals surface area (Å²) in [5, 5.41) is 8.29. The van der Waals surface area contributed by atoms with Gasteiger partial charge in [-0.1, -0.05) is 12.8 Å². The van der Waals surface area contributed by atoms with Gasteiger partial charge in [-0.25, -0.2) is 4.79 Å². The summed E-state index contributed by atoms with van der Waals surface area (Å²) in [5.41, 5.74) is 0. The first-order valence-electron chi connectivity index (χ1n) is 8.95. The van der Waals surface area contributed by atoms with E-state index in [0.717, 1.165) is 25.9 Å². The zero-order valence-corrected chi connectivity index (χ0v) is 14.0. The molecule has 0 radical (unpaired) electrons. The van der Waals surface area contributed by atoms with Crippen LogP contribution in [-0.4, -0.2) is 52.6 Å². The number of carbonyl (C=O) groups is 1. The van der Waals surface area contributed by atoms with Gasteiger partial charge >= 0.3 is 6.09 Å². The molecule has 1 N–H and O–H groups in total. The smallest absolute Gasteiger partial charge is 0.409 e. The van der Waals surface area contributed by atoms with Crippen molar-refractivity contribution < 1.29 is 9.53 Å². The number of aromatic nitrogens is 2. The van der Waals surface area contributed by atoms with Crippen LogP contribution in [-0.2, 0) is 4.74 Å². The van der Waals surface area contributed by atoms with E-state index in [1.54, 1.807) is 0 Å². The van der Waals surface area contributed by atoms with Crippen molar-refractivity contribution in [3.8, 4) is 0 Å². The van der Waals surface area contributed by atoms with Crippen molar-refractivity contribution in [1.82, 2.24) is 20.0 Å². The molecule has 128 valence electrons. The Labute approximate surface area is 138 Å². The van der Waals surface area contributed by atoms with Gasteiger partial charge in [0.1, 0.15) is 0 Å². The van der Waals surface area contributed by atoms with Crippen LogP contribution in [0.15, 0.2) is 18.5 Å². The summed E-state index contributed by atoms with van der Waals surface area (Å²) >= 11 is 0. The van der Waals surface area contributed by atoms with Crippen LogP contribution in [0.2, 0.25) is 0 Å². The van der Waals surface area contributed by atoms with E-state index in [1.807, 2.05) is 24.1 Å². The third-order valence-electron chi connectivity index (χ3n) is 5.06. The largest absolute Gasteiger partial charge is 0.450 e. The summed E-state index contributed by atoms with van der Waals surface area (Å²) in [4.78, 5) is 13.6. The maximum atomic E-state index is 11.8. The van der Waals surface area contributed by atoms with Gasteiger partial charge in [0, 0.05) is 37.6 Å². The van der Waals surface area contributed by atoms with Gasteiger partial charge in [-0.2, -0.15) is 5.10 Å². The standard InChI is InChI=1S/C17H28N4O2/c1-2-23-17(22)20-12-8-14(9-13-20)19-15-6-3-4-7-16(15)21-11-5-10-18-21/h5,10-11,14-16,19H,2-4,6-9,12-13H2,1H3/t15-,16+/m0/s1. The Morgan fingerprint density at radius 2 is 2.04 bits per heavy atom. The van der Waals surface area contributed by atoms with E-state index in [4.69, 9.17) is 4.74 Å². The Hall–Kier alpha value is -1.56. The number of likely N-dealkylation sites (tertiary alicyclic amines) is 1. The summed E-state index contributed by atoms with van der Waals surface area (Å²) in [6, 6.07) is 3.44. The molecule has 0 aromatic carbocycles. The molecule has 1 amide bonds. The molecule has 1 aliphatic heterocycles. The van der Waals surface area contributed by atoms with Crippen molar-refractivity contribution >= 4 is 6.09 Å². The summed E-state index contributed by atoms with van der Waals surface area (Å²) in [6.45, 7) is 3.88. The molecule has 1 aromatic rings. The average Bonchev–Trinajstić information content (AvgIpc) is 3.10. The summed E-state index contributed by atoms with van der Waals surface area (Å²) in [5.74, 6) is 0. The van der Waals surface area contributed by atoms with Crippen molar-refractivity contribution in [3.63, 3.8) is 0 Å². The molecule has 2 atom stereocenters. The lowest BCUT2D eigenvalue weighted by atomic mass is 9.89. The van der Waals surface area contributed by atoms with Gasteiger partial charge in [0.25, 0.3) is 0 Å². The molecule has 1 aliphatic carbocycles. The quantitative estimate of drug-likeness (QED) is 0.926. The van der Waals surface area contributed by atoms with Crippen molar-refractivity contribution in [2.45, 2.75) is 63.6 Å². The molecule has 1 saturated heterocycles. The molecule has 6 heteroatoms. The first-order chi connectivity index (χ1) is 11.3. The number of rotatable bonds is 4. The molecular weight excluding hydrogens is 292 g/mol. The first-order valence-corrected chi connectivity index (χ1v) is 8.95. The van der Waals surface area contributed by atoms with E-state index in [-0.39, 0.29) is 6.09 Å². The lowest BCUT2D eigenvalue weighted by Crippen LogP contribution is -2.50. The molecule has 23 heavy (non-hydrogen) atoms. The van der Waals surface area contributed by atoms with Crippen LogP contribution in [0.4, 0.5) is 4.79 Å². The Morgan fingerprint density at radius 1 is 1.26 bits per heavy atom. The highest BCUT2D eigenvalue weighted by atomic mass is 16.6. The number of hydrogen-bond acceptors (Lipinski definition) is 4. The van der Waals surface area contributed by atoms with Crippen LogP contribution < -0.4 is 5.32 Å². The minimum Gasteiger partial charge on any atom is -0.450 e.